The number of carbonyl (C=O) groups is 7. The first-order valence-electron chi connectivity index (χ1n) is 31.6. The van der Waals surface area contributed by atoms with Crippen LogP contribution >= 0.6 is 12.3 Å². The van der Waals surface area contributed by atoms with E-state index in [1.807, 2.05) is 12.1 Å². The first kappa shape index (κ1) is 72.0. The zero-order valence-corrected chi connectivity index (χ0v) is 52.7. The van der Waals surface area contributed by atoms with E-state index in [2.05, 4.69) is 63.2 Å². The normalized spacial score (nSPS) is 27.2. The van der Waals surface area contributed by atoms with Crippen LogP contribution in [0.2, 0.25) is 0 Å². The Morgan fingerprint density at radius 2 is 1.39 bits per heavy atom. The van der Waals surface area contributed by atoms with E-state index in [4.69, 9.17) is 9.44 Å². The fraction of sp³-hybridized carbons (Fsp3) is 0.597. The molecule has 8 rings (SSSR count). The van der Waals surface area contributed by atoms with Crippen molar-refractivity contribution in [1.82, 2.24) is 46.6 Å². The maximum absolute atomic E-state index is 15.0. The Hall–Kier alpha value is -6.82. The summed E-state index contributed by atoms with van der Waals surface area (Å²) in [5.74, 6) is -9.44. The van der Waals surface area contributed by atoms with E-state index in [0.29, 0.717) is 6.04 Å². The zero-order chi connectivity index (χ0) is 67.0. The van der Waals surface area contributed by atoms with E-state index in [1.165, 1.54) is 63.3 Å². The van der Waals surface area contributed by atoms with Gasteiger partial charge in [-0.1, -0.05) is 65.9 Å². The summed E-state index contributed by atoms with van der Waals surface area (Å²) in [5, 5.41) is 126. The maximum atomic E-state index is 15.0. The van der Waals surface area contributed by atoms with Crippen LogP contribution in [0.4, 0.5) is 5.69 Å². The number of nitrogens with one attached hydrogen (secondary N) is 6. The molecule has 7 amide bonds. The van der Waals surface area contributed by atoms with Gasteiger partial charge >= 0.3 is 0 Å². The van der Waals surface area contributed by atoms with Crippen LogP contribution in [0.25, 0.3) is 11.1 Å². The van der Waals surface area contributed by atoms with Crippen LogP contribution in [-0.2, 0) is 44.6 Å². The van der Waals surface area contributed by atoms with Crippen LogP contribution in [0.5, 0.6) is 11.5 Å². The molecule has 4 aliphatic heterocycles. The number of amides is 7. The molecule has 3 aromatic carbocycles. The van der Waals surface area contributed by atoms with Crippen molar-refractivity contribution in [3.8, 4) is 22.6 Å². The molecule has 30 nitrogen and oxygen atoms in total. The van der Waals surface area contributed by atoms with Crippen molar-refractivity contribution >= 4 is 59.4 Å². The molecule has 512 valence electrons. The van der Waals surface area contributed by atoms with Gasteiger partial charge in [0, 0.05) is 88.3 Å². The molecular weight excluding hydrogens is 1240 g/mol. The summed E-state index contributed by atoms with van der Waals surface area (Å²) in [6.07, 6.45) is -5.05. The number of aliphatic hydroxyl groups excluding tert-OH is 8. The number of hydrogen-bond donors (Lipinski definition) is 16. The number of carbonyl (C=O) groups excluding carboxylic acids is 7. The predicted octanol–water partition coefficient (Wildman–Crippen LogP) is -2.45. The topological polar surface area (TPSA) is 435 Å². The van der Waals surface area contributed by atoms with Crippen molar-refractivity contribution in [2.24, 2.45) is 5.92 Å². The van der Waals surface area contributed by atoms with E-state index in [1.54, 1.807) is 12.1 Å². The third kappa shape index (κ3) is 18.8. The van der Waals surface area contributed by atoms with Crippen molar-refractivity contribution in [2.45, 2.75) is 163 Å². The Morgan fingerprint density at radius 3 is 2.06 bits per heavy atom. The van der Waals surface area contributed by atoms with Crippen LogP contribution < -0.4 is 41.0 Å². The molecule has 0 radical (unpaired) electrons. The van der Waals surface area contributed by atoms with Gasteiger partial charge in [0.15, 0.2) is 11.5 Å². The molecule has 13 atom stereocenters. The molecule has 5 fully saturated rings. The zero-order valence-electron chi connectivity index (χ0n) is 51.9. The number of β-amino-alcohol motifs (C(OH)–C–C–N with tert-alkyl or cyclic N) is 1. The van der Waals surface area contributed by atoms with Crippen molar-refractivity contribution < 1.29 is 98.3 Å². The van der Waals surface area contributed by atoms with Gasteiger partial charge < -0.3 is 96.7 Å². The van der Waals surface area contributed by atoms with E-state index in [-0.39, 0.29) is 42.3 Å². The van der Waals surface area contributed by atoms with Gasteiger partial charge in [-0.05, 0) is 92.2 Å². The van der Waals surface area contributed by atoms with Crippen LogP contribution in [0.3, 0.4) is 0 Å². The third-order valence-corrected chi connectivity index (χ3v) is 18.4. The number of benzene rings is 3. The Morgan fingerprint density at radius 1 is 0.720 bits per heavy atom. The van der Waals surface area contributed by atoms with Crippen molar-refractivity contribution in [3.63, 3.8) is 0 Å². The second-order valence-corrected chi connectivity index (χ2v) is 25.1. The SMILES string of the molecule is C[C@@H](O)[C@@H]1NC(=O)C(NC(=O)c2ccc(-c3ccc(N4CCCN(C5CCCCC5)CC4)cc3)cc2)C[C@@H](O)CNC(=O)[C@@H]2[C@@H](O)[C@@H](C)CN2C(=O)[C@H]([C@H](O)CCNC(CO)CO)NC(=O)[C@H]([C@H](O)Cc2ccc(O)c(OSOOO)c2)NC(=O)[C@@H]2C[C@@H](O)CN2C1=O. The highest BCUT2D eigenvalue weighted by Crippen LogP contribution is 2.33. The van der Waals surface area contributed by atoms with Gasteiger partial charge in [0.25, 0.3) is 18.2 Å². The largest absolute Gasteiger partial charge is 0.504 e. The van der Waals surface area contributed by atoms with Crippen molar-refractivity contribution in [3.05, 3.63) is 77.9 Å². The number of phenols is 1. The molecule has 31 heteroatoms. The molecule has 4 heterocycles. The quantitative estimate of drug-likeness (QED) is 0.0242. The number of anilines is 1. The van der Waals surface area contributed by atoms with Gasteiger partial charge in [-0.3, -0.25) is 38.5 Å². The smallest absolute Gasteiger partial charge is 0.261 e. The van der Waals surface area contributed by atoms with Gasteiger partial charge in [0.05, 0.1) is 55.9 Å². The highest BCUT2D eigenvalue weighted by molar-refractivity contribution is 7.90. The summed E-state index contributed by atoms with van der Waals surface area (Å²) in [5.41, 5.74) is 2.95. The fourth-order valence-corrected chi connectivity index (χ4v) is 13.1. The molecule has 5 aliphatic rings. The second kappa shape index (κ2) is 34.0. The van der Waals surface area contributed by atoms with Crippen molar-refractivity contribution in [1.29, 1.82) is 0 Å². The number of phenolic OH excluding ortho intramolecular Hbond substituents is 1. The standard InChI is InChI=1S/C62H88N10O20S/c1-34-30-72-54(55(34)81)60(86)64-29-43(76)27-45(65-56(82)39-12-10-37(11-13-39)38-14-16-42(17-15-38)70-22-6-21-69(23-24-70)41-7-4-3-5-8-41)57(83)66-51(35(2)75)61(87)71-31-44(77)28-46(71)58(84)67-52(49(80)25-36-9-18-47(78)50(26-36)90-93-92-91-89)59(85)68-53(62(72)88)48(79)19-20-63-40(32-73)33-74/h9-18,26,34-35,40-41,43-46,48-49,51-55,63,73-81,89H,3-8,19-25,27-33H2,1-2H3,(H,64,86)(H,65,82)(H,66,83)(H,67,84)(H,68,85)/t34-,35+,43+,44+,45?,46-,48+,49+,51-,52-,53-,54-,55-/m0/s1. The summed E-state index contributed by atoms with van der Waals surface area (Å²) >= 11 is 0.0726. The van der Waals surface area contributed by atoms with Crippen molar-refractivity contribution in [2.75, 3.05) is 70.5 Å². The highest BCUT2D eigenvalue weighted by atomic mass is 32.2. The molecule has 1 aliphatic carbocycles. The summed E-state index contributed by atoms with van der Waals surface area (Å²) in [4.78, 5) is 109. The van der Waals surface area contributed by atoms with Gasteiger partial charge in [-0.2, -0.15) is 0 Å². The molecule has 4 saturated heterocycles. The first-order chi connectivity index (χ1) is 44.6. The number of nitrogens with zero attached hydrogens (tertiary/aromatic N) is 4. The Bertz CT molecular complexity index is 3000. The average Bonchev–Trinajstić information content (AvgIpc) is 1.70. The lowest BCUT2D eigenvalue weighted by atomic mass is 9.94. The lowest BCUT2D eigenvalue weighted by molar-refractivity contribution is -0.433. The summed E-state index contributed by atoms with van der Waals surface area (Å²) in [7, 11) is 0. The lowest BCUT2D eigenvalue weighted by Crippen LogP contribution is -2.64. The number of aliphatic hydroxyl groups is 8. The number of aromatic hydroxyl groups is 1. The van der Waals surface area contributed by atoms with E-state index in [9.17, 15) is 79.5 Å². The summed E-state index contributed by atoms with van der Waals surface area (Å²) in [6, 6.07) is 6.70. The number of rotatable bonds is 20. The molecular formula is C62H88N10O20S. The molecule has 0 aromatic heterocycles. The van der Waals surface area contributed by atoms with Crippen LogP contribution in [-0.4, -0.2) is 258 Å². The highest BCUT2D eigenvalue weighted by Gasteiger charge is 2.50. The van der Waals surface area contributed by atoms with Crippen LogP contribution in [0, 0.1) is 5.92 Å². The Kier molecular flexibility index (Phi) is 26.4. The third-order valence-electron chi connectivity index (χ3n) is 18.0. The van der Waals surface area contributed by atoms with E-state index in [0.717, 1.165) is 72.2 Å². The molecule has 93 heavy (non-hydrogen) atoms. The monoisotopic (exact) mass is 1320 g/mol. The molecule has 0 spiro atoms. The molecule has 1 saturated carbocycles. The minimum absolute atomic E-state index is 0.0726. The van der Waals surface area contributed by atoms with Gasteiger partial charge in [0.2, 0.25) is 35.4 Å². The fourth-order valence-electron chi connectivity index (χ4n) is 12.8. The van der Waals surface area contributed by atoms with Gasteiger partial charge in [-0.15, -0.1) is 0 Å². The second-order valence-electron chi connectivity index (χ2n) is 24.7. The predicted molar refractivity (Wildman–Crippen MR) is 334 cm³/mol. The lowest BCUT2D eigenvalue weighted by Gasteiger charge is -2.34. The minimum Gasteiger partial charge on any atom is -0.504 e. The minimum atomic E-state index is -2.15. The molecule has 1 unspecified atom stereocenters. The molecule has 3 aromatic rings. The van der Waals surface area contributed by atoms with Gasteiger partial charge in [-0.25, -0.2) is 5.26 Å². The Labute approximate surface area is 542 Å². The average molecular weight is 1330 g/mol. The summed E-state index contributed by atoms with van der Waals surface area (Å²) in [6.45, 7) is 3.73. The number of fused-ring (bicyclic) bond motifs is 2. The van der Waals surface area contributed by atoms with E-state index < -0.39 is 184 Å². The number of hydrogen-bond acceptors (Lipinski definition) is 24. The first-order valence-corrected chi connectivity index (χ1v) is 32.2. The van der Waals surface area contributed by atoms with Crippen LogP contribution in [0.15, 0.2) is 66.7 Å². The summed E-state index contributed by atoms with van der Waals surface area (Å²) < 4.78 is 9.37. The molecule has 16 N–H and O–H groups in total. The molecule has 0 bridgehead atoms. The Balaban J connectivity index is 1.07. The van der Waals surface area contributed by atoms with Crippen LogP contribution in [0.1, 0.15) is 87.6 Å². The maximum Gasteiger partial charge on any atom is 0.261 e. The van der Waals surface area contributed by atoms with E-state index >= 15 is 0 Å². The van der Waals surface area contributed by atoms with Gasteiger partial charge in [0.1, 0.15) is 36.3 Å².